The van der Waals surface area contributed by atoms with Crippen molar-refractivity contribution in [1.29, 1.82) is 0 Å². The SMILES string of the molecule is O=C(CNc1ccc(Oc2ccccc2)cc1)Nc1cc(Cl)cc(Cl)c1. The zero-order chi connectivity index (χ0) is 18.4. The molecule has 3 aromatic rings. The van der Waals surface area contributed by atoms with E-state index in [1.165, 1.54) is 0 Å². The van der Waals surface area contributed by atoms with E-state index in [2.05, 4.69) is 10.6 Å². The number of carbonyl (C=O) groups is 1. The predicted molar refractivity (Wildman–Crippen MR) is 107 cm³/mol. The molecular formula is C20H16Cl2N2O2. The van der Waals surface area contributed by atoms with E-state index in [4.69, 9.17) is 27.9 Å². The molecule has 26 heavy (non-hydrogen) atoms. The maximum absolute atomic E-state index is 12.0. The molecule has 0 heterocycles. The van der Waals surface area contributed by atoms with E-state index < -0.39 is 0 Å². The Hall–Kier alpha value is -2.69. The van der Waals surface area contributed by atoms with Crippen molar-refractivity contribution in [3.8, 4) is 11.5 Å². The van der Waals surface area contributed by atoms with Gasteiger partial charge in [0.15, 0.2) is 0 Å². The average molecular weight is 387 g/mol. The summed E-state index contributed by atoms with van der Waals surface area (Å²) in [7, 11) is 0. The molecule has 0 spiro atoms. The monoisotopic (exact) mass is 386 g/mol. The standard InChI is InChI=1S/C20H16Cl2N2O2/c21-14-10-15(22)12-17(11-14)24-20(25)13-23-16-6-8-19(9-7-16)26-18-4-2-1-3-5-18/h1-12,23H,13H2,(H,24,25). The largest absolute Gasteiger partial charge is 0.457 e. The van der Waals surface area contributed by atoms with Crippen molar-refractivity contribution in [2.75, 3.05) is 17.2 Å². The Morgan fingerprint density at radius 2 is 1.42 bits per heavy atom. The zero-order valence-corrected chi connectivity index (χ0v) is 15.2. The molecule has 3 rings (SSSR count). The van der Waals surface area contributed by atoms with Crippen LogP contribution in [0.5, 0.6) is 11.5 Å². The molecule has 4 nitrogen and oxygen atoms in total. The number of nitrogens with one attached hydrogen (secondary N) is 2. The van der Waals surface area contributed by atoms with E-state index in [1.54, 1.807) is 18.2 Å². The fourth-order valence-electron chi connectivity index (χ4n) is 2.28. The summed E-state index contributed by atoms with van der Waals surface area (Å²) < 4.78 is 5.73. The lowest BCUT2D eigenvalue weighted by Crippen LogP contribution is -2.21. The fraction of sp³-hybridized carbons (Fsp3) is 0.0500. The van der Waals surface area contributed by atoms with Gasteiger partial charge in [-0.2, -0.15) is 0 Å². The number of ether oxygens (including phenoxy) is 1. The molecule has 0 aliphatic carbocycles. The quantitative estimate of drug-likeness (QED) is 0.559. The second-order valence-corrected chi connectivity index (χ2v) is 6.37. The third-order valence-electron chi connectivity index (χ3n) is 3.43. The lowest BCUT2D eigenvalue weighted by molar-refractivity contribution is -0.114. The summed E-state index contributed by atoms with van der Waals surface area (Å²) in [5.74, 6) is 1.29. The Kier molecular flexibility index (Phi) is 6.00. The normalized spacial score (nSPS) is 10.2. The summed E-state index contributed by atoms with van der Waals surface area (Å²) in [4.78, 5) is 12.0. The van der Waals surface area contributed by atoms with Gasteiger partial charge in [0.2, 0.25) is 5.91 Å². The Labute approximate surface area is 161 Å². The summed E-state index contributed by atoms with van der Waals surface area (Å²) >= 11 is 11.8. The number of hydrogen-bond acceptors (Lipinski definition) is 3. The molecule has 0 atom stereocenters. The highest BCUT2D eigenvalue weighted by molar-refractivity contribution is 6.35. The van der Waals surface area contributed by atoms with Crippen molar-refractivity contribution in [2.45, 2.75) is 0 Å². The van der Waals surface area contributed by atoms with Crippen LogP contribution in [-0.2, 0) is 4.79 Å². The molecule has 3 aromatic carbocycles. The van der Waals surface area contributed by atoms with Gasteiger partial charge in [-0.3, -0.25) is 4.79 Å². The Morgan fingerprint density at radius 1 is 0.808 bits per heavy atom. The third kappa shape index (κ3) is 5.41. The Morgan fingerprint density at radius 3 is 2.08 bits per heavy atom. The molecule has 6 heteroatoms. The second-order valence-electron chi connectivity index (χ2n) is 5.50. The summed E-state index contributed by atoms with van der Waals surface area (Å²) in [6.07, 6.45) is 0. The van der Waals surface area contributed by atoms with Crippen molar-refractivity contribution in [3.05, 3.63) is 82.8 Å². The molecule has 132 valence electrons. The average Bonchev–Trinajstić information content (AvgIpc) is 2.61. The molecule has 0 aliphatic heterocycles. The minimum atomic E-state index is -0.201. The number of benzene rings is 3. The summed E-state index contributed by atoms with van der Waals surface area (Å²) in [5, 5.41) is 6.73. The molecule has 0 aliphatic rings. The first kappa shape index (κ1) is 18.1. The van der Waals surface area contributed by atoms with Crippen LogP contribution in [0.4, 0.5) is 11.4 Å². The van der Waals surface area contributed by atoms with Crippen LogP contribution in [0.15, 0.2) is 72.8 Å². The molecule has 0 radical (unpaired) electrons. The Bertz CT molecular complexity index is 864. The topological polar surface area (TPSA) is 50.4 Å². The number of anilines is 2. The lowest BCUT2D eigenvalue weighted by atomic mass is 10.3. The number of rotatable bonds is 6. The van der Waals surface area contributed by atoms with Crippen molar-refractivity contribution in [1.82, 2.24) is 0 Å². The highest BCUT2D eigenvalue weighted by Crippen LogP contribution is 2.23. The predicted octanol–water partition coefficient (Wildman–Crippen LogP) is 5.84. The first-order valence-electron chi connectivity index (χ1n) is 7.91. The lowest BCUT2D eigenvalue weighted by Gasteiger charge is -2.10. The van der Waals surface area contributed by atoms with Gasteiger partial charge in [-0.15, -0.1) is 0 Å². The summed E-state index contributed by atoms with van der Waals surface area (Å²) in [6, 6.07) is 21.8. The van der Waals surface area contributed by atoms with E-state index in [0.29, 0.717) is 15.7 Å². The maximum atomic E-state index is 12.0. The van der Waals surface area contributed by atoms with Crippen molar-refractivity contribution in [3.63, 3.8) is 0 Å². The van der Waals surface area contributed by atoms with Crippen LogP contribution in [-0.4, -0.2) is 12.5 Å². The van der Waals surface area contributed by atoms with Crippen LogP contribution >= 0.6 is 23.2 Å². The smallest absolute Gasteiger partial charge is 0.243 e. The van der Waals surface area contributed by atoms with Crippen molar-refractivity contribution < 1.29 is 9.53 Å². The minimum absolute atomic E-state index is 0.114. The van der Waals surface area contributed by atoms with Gasteiger partial charge in [-0.25, -0.2) is 0 Å². The molecule has 2 N–H and O–H groups in total. The number of para-hydroxylation sites is 1. The fourth-order valence-corrected chi connectivity index (χ4v) is 2.81. The van der Waals surface area contributed by atoms with E-state index >= 15 is 0 Å². The van der Waals surface area contributed by atoms with Crippen molar-refractivity contribution in [2.24, 2.45) is 0 Å². The molecule has 0 bridgehead atoms. The third-order valence-corrected chi connectivity index (χ3v) is 3.87. The molecule has 0 fully saturated rings. The molecular weight excluding hydrogens is 371 g/mol. The van der Waals surface area contributed by atoms with E-state index in [9.17, 15) is 4.79 Å². The van der Waals surface area contributed by atoms with Crippen LogP contribution in [0, 0.1) is 0 Å². The van der Waals surface area contributed by atoms with Gasteiger partial charge in [0, 0.05) is 21.4 Å². The Balaban J connectivity index is 1.52. The van der Waals surface area contributed by atoms with Crippen LogP contribution in [0.1, 0.15) is 0 Å². The van der Waals surface area contributed by atoms with Crippen LogP contribution in [0.25, 0.3) is 0 Å². The van der Waals surface area contributed by atoms with Crippen LogP contribution in [0.2, 0.25) is 10.0 Å². The van der Waals surface area contributed by atoms with E-state index in [0.717, 1.165) is 17.2 Å². The second kappa shape index (κ2) is 8.61. The van der Waals surface area contributed by atoms with Gasteiger partial charge in [-0.05, 0) is 54.6 Å². The van der Waals surface area contributed by atoms with Gasteiger partial charge in [0.1, 0.15) is 11.5 Å². The maximum Gasteiger partial charge on any atom is 0.243 e. The van der Waals surface area contributed by atoms with Crippen molar-refractivity contribution >= 4 is 40.5 Å². The van der Waals surface area contributed by atoms with E-state index in [-0.39, 0.29) is 12.5 Å². The van der Waals surface area contributed by atoms with Crippen LogP contribution < -0.4 is 15.4 Å². The summed E-state index contributed by atoms with van der Waals surface area (Å²) in [6.45, 7) is 0.114. The minimum Gasteiger partial charge on any atom is -0.457 e. The van der Waals surface area contributed by atoms with Gasteiger partial charge in [0.05, 0.1) is 6.54 Å². The number of carbonyl (C=O) groups excluding carboxylic acids is 1. The summed E-state index contributed by atoms with van der Waals surface area (Å²) in [5.41, 5.74) is 1.37. The van der Waals surface area contributed by atoms with Gasteiger partial charge in [0.25, 0.3) is 0 Å². The van der Waals surface area contributed by atoms with Gasteiger partial charge >= 0.3 is 0 Å². The molecule has 0 saturated heterocycles. The number of amides is 1. The molecule has 0 aromatic heterocycles. The van der Waals surface area contributed by atoms with Gasteiger partial charge in [-0.1, -0.05) is 41.4 Å². The van der Waals surface area contributed by atoms with Crippen LogP contribution in [0.3, 0.4) is 0 Å². The highest BCUT2D eigenvalue weighted by Gasteiger charge is 2.05. The molecule has 0 unspecified atom stereocenters. The molecule has 0 saturated carbocycles. The molecule has 1 amide bonds. The zero-order valence-electron chi connectivity index (χ0n) is 13.7. The highest BCUT2D eigenvalue weighted by atomic mass is 35.5. The first-order chi connectivity index (χ1) is 12.6. The van der Waals surface area contributed by atoms with Gasteiger partial charge < -0.3 is 15.4 Å². The first-order valence-corrected chi connectivity index (χ1v) is 8.67. The number of hydrogen-bond donors (Lipinski definition) is 2. The number of halogens is 2. The van der Waals surface area contributed by atoms with E-state index in [1.807, 2.05) is 54.6 Å².